The Balaban J connectivity index is 2.77. The van der Waals surface area contributed by atoms with Crippen LogP contribution in [-0.4, -0.2) is 23.0 Å². The van der Waals surface area contributed by atoms with Gasteiger partial charge in [-0.25, -0.2) is 4.39 Å². The summed E-state index contributed by atoms with van der Waals surface area (Å²) >= 11 is 3.09. The van der Waals surface area contributed by atoms with E-state index in [0.717, 1.165) is 0 Å². The number of hydrogen-bond donors (Lipinski definition) is 2. The number of halogens is 2. The van der Waals surface area contributed by atoms with E-state index in [1.54, 1.807) is 6.92 Å². The first kappa shape index (κ1) is 14.6. The number of rotatable bonds is 5. The summed E-state index contributed by atoms with van der Waals surface area (Å²) in [5.74, 6) is -1.84. The molecule has 0 aliphatic rings. The van der Waals surface area contributed by atoms with Crippen molar-refractivity contribution in [3.05, 3.63) is 34.1 Å². The lowest BCUT2D eigenvalue weighted by Gasteiger charge is -2.15. The molecule has 6 heteroatoms. The molecule has 0 aliphatic carbocycles. The average molecular weight is 318 g/mol. The molecule has 0 spiro atoms. The van der Waals surface area contributed by atoms with Gasteiger partial charge in [0.2, 0.25) is 0 Å². The van der Waals surface area contributed by atoms with Gasteiger partial charge in [0.05, 0.1) is 12.0 Å². The Kier molecular flexibility index (Phi) is 5.27. The third-order valence-corrected chi connectivity index (χ3v) is 3.08. The standard InChI is InChI=1S/C12H13BrFNO3/c1-2-8(6-11(16)17)15-12(18)9-4-3-7(14)5-10(9)13/h3-5,8H,2,6H2,1H3,(H,15,18)(H,16,17). The van der Waals surface area contributed by atoms with E-state index in [2.05, 4.69) is 21.2 Å². The summed E-state index contributed by atoms with van der Waals surface area (Å²) in [5, 5.41) is 11.3. The van der Waals surface area contributed by atoms with Crippen molar-refractivity contribution in [2.24, 2.45) is 0 Å². The highest BCUT2D eigenvalue weighted by Crippen LogP contribution is 2.18. The smallest absolute Gasteiger partial charge is 0.305 e. The monoisotopic (exact) mass is 317 g/mol. The highest BCUT2D eigenvalue weighted by Gasteiger charge is 2.17. The van der Waals surface area contributed by atoms with Gasteiger partial charge >= 0.3 is 5.97 Å². The predicted molar refractivity (Wildman–Crippen MR) is 67.9 cm³/mol. The molecular formula is C12H13BrFNO3. The van der Waals surface area contributed by atoms with Gasteiger partial charge in [0.15, 0.2) is 0 Å². The lowest BCUT2D eigenvalue weighted by molar-refractivity contribution is -0.137. The second kappa shape index (κ2) is 6.49. The van der Waals surface area contributed by atoms with Gasteiger partial charge in [0.1, 0.15) is 5.82 Å². The Hall–Kier alpha value is -1.43. The Morgan fingerprint density at radius 2 is 2.17 bits per heavy atom. The number of benzene rings is 1. The first-order chi connectivity index (χ1) is 8.43. The highest BCUT2D eigenvalue weighted by atomic mass is 79.9. The maximum Gasteiger partial charge on any atom is 0.305 e. The molecule has 0 aliphatic heterocycles. The minimum atomic E-state index is -0.972. The van der Waals surface area contributed by atoms with Crippen LogP contribution in [0.4, 0.5) is 4.39 Å². The number of hydrogen-bond acceptors (Lipinski definition) is 2. The molecular weight excluding hydrogens is 305 g/mol. The zero-order valence-corrected chi connectivity index (χ0v) is 11.3. The molecule has 0 bridgehead atoms. The van der Waals surface area contributed by atoms with Crippen LogP contribution in [0.15, 0.2) is 22.7 Å². The van der Waals surface area contributed by atoms with Gasteiger partial charge in [-0.15, -0.1) is 0 Å². The number of carbonyl (C=O) groups is 2. The molecule has 98 valence electrons. The Morgan fingerprint density at radius 3 is 2.67 bits per heavy atom. The van der Waals surface area contributed by atoms with Gasteiger partial charge in [-0.3, -0.25) is 9.59 Å². The lowest BCUT2D eigenvalue weighted by Crippen LogP contribution is -2.36. The summed E-state index contributed by atoms with van der Waals surface area (Å²) in [6, 6.07) is 3.28. The number of amides is 1. The Labute approximate surface area is 112 Å². The summed E-state index contributed by atoms with van der Waals surface area (Å²) in [6.45, 7) is 1.79. The fourth-order valence-corrected chi connectivity index (χ4v) is 1.98. The van der Waals surface area contributed by atoms with Crippen molar-refractivity contribution in [2.75, 3.05) is 0 Å². The summed E-state index contributed by atoms with van der Waals surface area (Å²) in [5.41, 5.74) is 0.278. The Morgan fingerprint density at radius 1 is 1.50 bits per heavy atom. The molecule has 1 unspecified atom stereocenters. The topological polar surface area (TPSA) is 66.4 Å². The summed E-state index contributed by atoms with van der Waals surface area (Å²) < 4.78 is 13.2. The maximum atomic E-state index is 12.9. The molecule has 4 nitrogen and oxygen atoms in total. The van der Waals surface area contributed by atoms with Gasteiger partial charge in [-0.05, 0) is 40.5 Å². The molecule has 18 heavy (non-hydrogen) atoms. The predicted octanol–water partition coefficient (Wildman–Crippen LogP) is 2.57. The van der Waals surface area contributed by atoms with E-state index in [-0.39, 0.29) is 12.0 Å². The number of carboxylic acid groups (broad SMARTS) is 1. The largest absolute Gasteiger partial charge is 0.481 e. The van der Waals surface area contributed by atoms with E-state index in [4.69, 9.17) is 5.11 Å². The van der Waals surface area contributed by atoms with Crippen molar-refractivity contribution < 1.29 is 19.1 Å². The van der Waals surface area contributed by atoms with Crippen molar-refractivity contribution >= 4 is 27.8 Å². The van der Waals surface area contributed by atoms with Crippen LogP contribution in [0.25, 0.3) is 0 Å². The molecule has 1 atom stereocenters. The van der Waals surface area contributed by atoms with Crippen molar-refractivity contribution in [1.82, 2.24) is 5.32 Å². The van der Waals surface area contributed by atoms with E-state index >= 15 is 0 Å². The molecule has 0 fully saturated rings. The van der Waals surface area contributed by atoms with Gasteiger partial charge < -0.3 is 10.4 Å². The molecule has 1 amide bonds. The van der Waals surface area contributed by atoms with E-state index in [1.807, 2.05) is 0 Å². The van der Waals surface area contributed by atoms with E-state index in [9.17, 15) is 14.0 Å². The number of aliphatic carboxylic acids is 1. The lowest BCUT2D eigenvalue weighted by atomic mass is 10.1. The minimum Gasteiger partial charge on any atom is -0.481 e. The third-order valence-electron chi connectivity index (χ3n) is 2.42. The number of carbonyl (C=O) groups excluding carboxylic acids is 1. The first-order valence-corrected chi connectivity index (χ1v) is 6.21. The molecule has 2 N–H and O–H groups in total. The molecule has 1 aromatic rings. The van der Waals surface area contributed by atoms with Crippen LogP contribution >= 0.6 is 15.9 Å². The van der Waals surface area contributed by atoms with Crippen LogP contribution < -0.4 is 5.32 Å². The summed E-state index contributed by atoms with van der Waals surface area (Å²) in [4.78, 5) is 22.5. The first-order valence-electron chi connectivity index (χ1n) is 5.41. The second-order valence-electron chi connectivity index (χ2n) is 3.80. The summed E-state index contributed by atoms with van der Waals surface area (Å²) in [6.07, 6.45) is 0.373. The minimum absolute atomic E-state index is 0.138. The van der Waals surface area contributed by atoms with Gasteiger partial charge in [-0.2, -0.15) is 0 Å². The maximum absolute atomic E-state index is 12.9. The van der Waals surface area contributed by atoms with Crippen molar-refractivity contribution in [2.45, 2.75) is 25.8 Å². The number of nitrogens with one attached hydrogen (secondary N) is 1. The normalized spacial score (nSPS) is 11.9. The molecule has 0 heterocycles. The fourth-order valence-electron chi connectivity index (χ4n) is 1.44. The zero-order valence-electron chi connectivity index (χ0n) is 9.74. The second-order valence-corrected chi connectivity index (χ2v) is 4.66. The van der Waals surface area contributed by atoms with Crippen LogP contribution in [0, 0.1) is 5.82 Å². The zero-order chi connectivity index (χ0) is 13.7. The van der Waals surface area contributed by atoms with Crippen LogP contribution in [0.1, 0.15) is 30.1 Å². The van der Waals surface area contributed by atoms with Crippen LogP contribution in [0.2, 0.25) is 0 Å². The molecule has 1 aromatic carbocycles. The van der Waals surface area contributed by atoms with Gasteiger partial charge in [0, 0.05) is 10.5 Å². The van der Waals surface area contributed by atoms with Crippen molar-refractivity contribution in [3.63, 3.8) is 0 Å². The summed E-state index contributed by atoms with van der Waals surface area (Å²) in [7, 11) is 0. The van der Waals surface area contributed by atoms with Crippen molar-refractivity contribution in [3.8, 4) is 0 Å². The SMILES string of the molecule is CCC(CC(=O)O)NC(=O)c1ccc(F)cc1Br. The molecule has 0 radical (unpaired) electrons. The number of carboxylic acids is 1. The van der Waals surface area contributed by atoms with E-state index in [1.165, 1.54) is 18.2 Å². The van der Waals surface area contributed by atoms with Gasteiger partial charge in [0.25, 0.3) is 5.91 Å². The molecule has 0 saturated carbocycles. The molecule has 0 aromatic heterocycles. The molecule has 1 rings (SSSR count). The average Bonchev–Trinajstić information content (AvgIpc) is 2.27. The van der Waals surface area contributed by atoms with Crippen LogP contribution in [-0.2, 0) is 4.79 Å². The van der Waals surface area contributed by atoms with E-state index in [0.29, 0.717) is 10.9 Å². The Bertz CT molecular complexity index is 465. The van der Waals surface area contributed by atoms with Crippen LogP contribution in [0.5, 0.6) is 0 Å². The van der Waals surface area contributed by atoms with E-state index < -0.39 is 23.7 Å². The van der Waals surface area contributed by atoms with Crippen LogP contribution in [0.3, 0.4) is 0 Å². The highest BCUT2D eigenvalue weighted by molar-refractivity contribution is 9.10. The van der Waals surface area contributed by atoms with Crippen molar-refractivity contribution in [1.29, 1.82) is 0 Å². The fraction of sp³-hybridized carbons (Fsp3) is 0.333. The molecule has 0 saturated heterocycles. The third kappa shape index (κ3) is 4.10. The quantitative estimate of drug-likeness (QED) is 0.877. The van der Waals surface area contributed by atoms with Gasteiger partial charge in [-0.1, -0.05) is 6.92 Å².